The molecule has 3 aromatic rings. The number of piperidine rings is 1. The molecule has 0 bridgehead atoms. The summed E-state index contributed by atoms with van der Waals surface area (Å²) < 4.78 is 29.1. The van der Waals surface area contributed by atoms with Crippen LogP contribution in [-0.4, -0.2) is 67.8 Å². The highest BCUT2D eigenvalue weighted by atomic mass is 32.2. The maximum Gasteiger partial charge on any atom is 0.252 e. The van der Waals surface area contributed by atoms with E-state index in [9.17, 15) is 13.2 Å². The number of amides is 1. The number of fused-ring (bicyclic) bond motifs is 1. The Labute approximate surface area is 210 Å². The van der Waals surface area contributed by atoms with Crippen LogP contribution in [0, 0.1) is 12.8 Å². The van der Waals surface area contributed by atoms with Gasteiger partial charge in [0.1, 0.15) is 4.21 Å². The highest BCUT2D eigenvalue weighted by molar-refractivity contribution is 7.91. The van der Waals surface area contributed by atoms with E-state index >= 15 is 0 Å². The smallest absolute Gasteiger partial charge is 0.252 e. The first-order chi connectivity index (χ1) is 16.3. The number of hydrogen-bond acceptors (Lipinski definition) is 7. The van der Waals surface area contributed by atoms with Crippen molar-refractivity contribution in [1.29, 1.82) is 0 Å². The molecule has 184 valence electrons. The standard InChI is InChI=1S/C24H32N4O3S3/c1-4-26(5-2)13-14-28(24-25-20-11-10-18(3)16-21(20)33-24)23(29)19-8-6-12-27(17-19)34(30,31)22-9-7-15-32-22/h7,9-11,15-16,19H,4-6,8,12-14,17H2,1-3H3. The Morgan fingerprint density at radius 1 is 1.21 bits per heavy atom. The number of thiazole rings is 1. The van der Waals surface area contributed by atoms with Crippen molar-refractivity contribution < 1.29 is 13.2 Å². The lowest BCUT2D eigenvalue weighted by Crippen LogP contribution is -2.48. The van der Waals surface area contributed by atoms with Crippen LogP contribution in [0.2, 0.25) is 0 Å². The summed E-state index contributed by atoms with van der Waals surface area (Å²) in [6.45, 7) is 10.0. The number of likely N-dealkylation sites (N-methyl/N-ethyl adjacent to an activating group) is 1. The first kappa shape index (κ1) is 25.2. The van der Waals surface area contributed by atoms with Gasteiger partial charge in [-0.1, -0.05) is 37.3 Å². The van der Waals surface area contributed by atoms with Crippen LogP contribution in [0.4, 0.5) is 5.13 Å². The SMILES string of the molecule is CCN(CC)CCN(C(=O)C1CCCN(S(=O)(=O)c2cccs2)C1)c1nc2ccc(C)cc2s1. The van der Waals surface area contributed by atoms with Gasteiger partial charge in [-0.05, 0) is 62.0 Å². The van der Waals surface area contributed by atoms with Crippen molar-refractivity contribution in [3.63, 3.8) is 0 Å². The van der Waals surface area contributed by atoms with Crippen molar-refractivity contribution >= 4 is 54.0 Å². The minimum atomic E-state index is -3.57. The molecule has 1 aromatic carbocycles. The van der Waals surface area contributed by atoms with Gasteiger partial charge in [0.15, 0.2) is 5.13 Å². The van der Waals surface area contributed by atoms with Crippen LogP contribution in [0.25, 0.3) is 10.2 Å². The molecule has 1 fully saturated rings. The van der Waals surface area contributed by atoms with E-state index in [0.717, 1.165) is 35.4 Å². The van der Waals surface area contributed by atoms with Gasteiger partial charge < -0.3 is 4.90 Å². The summed E-state index contributed by atoms with van der Waals surface area (Å²) in [6, 6.07) is 9.49. The van der Waals surface area contributed by atoms with Crippen LogP contribution >= 0.6 is 22.7 Å². The summed E-state index contributed by atoms with van der Waals surface area (Å²) in [5.41, 5.74) is 2.04. The second-order valence-electron chi connectivity index (χ2n) is 8.62. The molecule has 0 radical (unpaired) electrons. The fourth-order valence-electron chi connectivity index (χ4n) is 4.34. The Balaban J connectivity index is 1.60. The first-order valence-corrected chi connectivity index (χ1v) is 14.9. The van der Waals surface area contributed by atoms with Gasteiger partial charge in [0.2, 0.25) is 5.91 Å². The molecular formula is C24H32N4O3S3. The molecule has 7 nitrogen and oxygen atoms in total. The van der Waals surface area contributed by atoms with Gasteiger partial charge in [-0.3, -0.25) is 9.69 Å². The van der Waals surface area contributed by atoms with Crippen LogP contribution in [0.15, 0.2) is 39.9 Å². The number of anilines is 1. The minimum Gasteiger partial charge on any atom is -0.302 e. The topological polar surface area (TPSA) is 73.8 Å². The summed E-state index contributed by atoms with van der Waals surface area (Å²) in [6.07, 6.45) is 1.35. The fourth-order valence-corrected chi connectivity index (χ4v) is 8.10. The molecular weight excluding hydrogens is 488 g/mol. The number of carbonyl (C=O) groups is 1. The van der Waals surface area contributed by atoms with E-state index in [1.807, 2.05) is 19.1 Å². The van der Waals surface area contributed by atoms with Crippen LogP contribution in [0.1, 0.15) is 32.3 Å². The summed E-state index contributed by atoms with van der Waals surface area (Å²) in [5.74, 6) is -0.414. The Kier molecular flexibility index (Phi) is 8.04. The number of hydrogen-bond donors (Lipinski definition) is 0. The third-order valence-electron chi connectivity index (χ3n) is 6.39. The average molecular weight is 521 g/mol. The van der Waals surface area contributed by atoms with E-state index in [4.69, 9.17) is 4.98 Å². The first-order valence-electron chi connectivity index (χ1n) is 11.8. The Morgan fingerprint density at radius 2 is 2.00 bits per heavy atom. The number of aromatic nitrogens is 1. The predicted molar refractivity (Wildman–Crippen MR) is 140 cm³/mol. The fraction of sp³-hybridized carbons (Fsp3) is 0.500. The van der Waals surface area contributed by atoms with Gasteiger partial charge >= 0.3 is 0 Å². The summed E-state index contributed by atoms with van der Waals surface area (Å²) in [7, 11) is -3.57. The quantitative estimate of drug-likeness (QED) is 0.417. The predicted octanol–water partition coefficient (Wildman–Crippen LogP) is 4.44. The zero-order valence-corrected chi connectivity index (χ0v) is 22.4. The molecule has 0 aliphatic carbocycles. The van der Waals surface area contributed by atoms with Crippen molar-refractivity contribution in [3.05, 3.63) is 41.3 Å². The van der Waals surface area contributed by atoms with Crippen LogP contribution in [-0.2, 0) is 14.8 Å². The molecule has 34 heavy (non-hydrogen) atoms. The summed E-state index contributed by atoms with van der Waals surface area (Å²) in [4.78, 5) is 22.7. The van der Waals surface area contributed by atoms with E-state index in [1.54, 1.807) is 22.4 Å². The van der Waals surface area contributed by atoms with Gasteiger partial charge in [0.05, 0.1) is 16.1 Å². The van der Waals surface area contributed by atoms with Gasteiger partial charge in [-0.25, -0.2) is 13.4 Å². The van der Waals surface area contributed by atoms with Gasteiger partial charge in [-0.2, -0.15) is 4.31 Å². The molecule has 3 heterocycles. The summed E-state index contributed by atoms with van der Waals surface area (Å²) >= 11 is 2.75. The van der Waals surface area contributed by atoms with Crippen molar-refractivity contribution in [2.75, 3.05) is 44.2 Å². The molecule has 0 spiro atoms. The largest absolute Gasteiger partial charge is 0.302 e. The Bertz CT molecular complexity index is 1220. The lowest BCUT2D eigenvalue weighted by molar-refractivity contribution is -0.123. The lowest BCUT2D eigenvalue weighted by atomic mass is 9.98. The zero-order chi connectivity index (χ0) is 24.3. The number of carbonyl (C=O) groups excluding carboxylic acids is 1. The molecule has 1 saturated heterocycles. The summed E-state index contributed by atoms with van der Waals surface area (Å²) in [5, 5.41) is 2.46. The number of sulfonamides is 1. The van der Waals surface area contributed by atoms with Crippen molar-refractivity contribution in [2.45, 2.75) is 37.8 Å². The van der Waals surface area contributed by atoms with E-state index in [2.05, 4.69) is 24.8 Å². The molecule has 4 rings (SSSR count). The van der Waals surface area contributed by atoms with Crippen molar-refractivity contribution in [2.24, 2.45) is 5.92 Å². The van der Waals surface area contributed by atoms with Crippen LogP contribution in [0.3, 0.4) is 0 Å². The average Bonchev–Trinajstić information content (AvgIpc) is 3.52. The van der Waals surface area contributed by atoms with E-state index in [-0.39, 0.29) is 18.4 Å². The Morgan fingerprint density at radius 3 is 2.71 bits per heavy atom. The number of rotatable bonds is 9. The third kappa shape index (κ3) is 5.36. The molecule has 2 aromatic heterocycles. The highest BCUT2D eigenvalue weighted by Crippen LogP contribution is 2.32. The van der Waals surface area contributed by atoms with E-state index < -0.39 is 10.0 Å². The number of nitrogens with zero attached hydrogens (tertiary/aromatic N) is 4. The maximum atomic E-state index is 13.8. The molecule has 1 aliphatic rings. The molecule has 1 aliphatic heterocycles. The number of aryl methyl sites for hydroxylation is 1. The van der Waals surface area contributed by atoms with Crippen LogP contribution < -0.4 is 4.90 Å². The molecule has 1 amide bonds. The Hall–Kier alpha value is -1.85. The number of thiophene rings is 1. The zero-order valence-electron chi connectivity index (χ0n) is 19.9. The molecule has 0 N–H and O–H groups in total. The highest BCUT2D eigenvalue weighted by Gasteiger charge is 2.36. The minimum absolute atomic E-state index is 0.0333. The molecule has 1 unspecified atom stereocenters. The van der Waals surface area contributed by atoms with E-state index in [0.29, 0.717) is 35.3 Å². The molecule has 0 saturated carbocycles. The van der Waals surface area contributed by atoms with Gasteiger partial charge in [0, 0.05) is 26.2 Å². The lowest BCUT2D eigenvalue weighted by Gasteiger charge is -2.34. The van der Waals surface area contributed by atoms with Crippen molar-refractivity contribution in [1.82, 2.24) is 14.2 Å². The van der Waals surface area contributed by atoms with Crippen molar-refractivity contribution in [3.8, 4) is 0 Å². The second-order valence-corrected chi connectivity index (χ2v) is 12.7. The molecule has 1 atom stereocenters. The normalized spacial score (nSPS) is 17.5. The third-order valence-corrected chi connectivity index (χ3v) is 10.7. The molecule has 10 heteroatoms. The monoisotopic (exact) mass is 520 g/mol. The van der Waals surface area contributed by atoms with E-state index in [1.165, 1.54) is 27.0 Å². The number of benzene rings is 1. The van der Waals surface area contributed by atoms with Gasteiger partial charge in [0.25, 0.3) is 10.0 Å². The maximum absolute atomic E-state index is 13.8. The second kappa shape index (κ2) is 10.8. The van der Waals surface area contributed by atoms with Crippen LogP contribution in [0.5, 0.6) is 0 Å². The van der Waals surface area contributed by atoms with Gasteiger partial charge in [-0.15, -0.1) is 11.3 Å².